The number of rotatable bonds is 4. The summed E-state index contributed by atoms with van der Waals surface area (Å²) in [6.07, 6.45) is 1.54. The summed E-state index contributed by atoms with van der Waals surface area (Å²) in [5.41, 5.74) is 3.23. The number of aryl methyl sites for hydroxylation is 1. The summed E-state index contributed by atoms with van der Waals surface area (Å²) < 4.78 is 14.5. The maximum atomic E-state index is 12.6. The van der Waals surface area contributed by atoms with Crippen LogP contribution in [0.4, 0.5) is 15.9 Å². The quantitative estimate of drug-likeness (QED) is 0.616. The number of benzene rings is 2. The van der Waals surface area contributed by atoms with Crippen molar-refractivity contribution in [1.29, 1.82) is 0 Å². The van der Waals surface area contributed by atoms with Crippen LogP contribution in [0.1, 0.15) is 11.4 Å². The van der Waals surface area contributed by atoms with E-state index in [2.05, 4.69) is 25.5 Å². The molecule has 2 heterocycles. The van der Waals surface area contributed by atoms with Crippen LogP contribution < -0.4 is 5.32 Å². The van der Waals surface area contributed by atoms with Crippen LogP contribution in [0.2, 0.25) is 0 Å². The maximum absolute atomic E-state index is 12.6. The fraction of sp³-hybridized carbons (Fsp3) is 0.111. The van der Waals surface area contributed by atoms with Gasteiger partial charge in [0, 0.05) is 5.69 Å². The van der Waals surface area contributed by atoms with Gasteiger partial charge in [0.25, 0.3) is 5.95 Å². The Hall–Kier alpha value is -3.35. The molecule has 0 aliphatic rings. The number of aromatic nitrogens is 5. The monoisotopic (exact) mass is 334 g/mol. The van der Waals surface area contributed by atoms with Gasteiger partial charge < -0.3 is 5.32 Å². The molecule has 0 radical (unpaired) electrons. The van der Waals surface area contributed by atoms with Gasteiger partial charge in [-0.25, -0.2) is 9.37 Å². The summed E-state index contributed by atoms with van der Waals surface area (Å²) in [5.74, 6) is 1.78. The first-order chi connectivity index (χ1) is 12.2. The van der Waals surface area contributed by atoms with Crippen LogP contribution in [0.15, 0.2) is 54.7 Å². The smallest absolute Gasteiger partial charge is 0.257 e. The number of alkyl halides is 1. The molecule has 0 unspecified atom stereocenters. The average molecular weight is 334 g/mol. The van der Waals surface area contributed by atoms with E-state index < -0.39 is 6.67 Å². The lowest BCUT2D eigenvalue weighted by Gasteiger charge is -2.08. The molecule has 1 N–H and O–H groups in total. The van der Waals surface area contributed by atoms with Crippen LogP contribution in [0, 0.1) is 6.92 Å². The minimum atomic E-state index is -0.480. The second kappa shape index (κ2) is 6.27. The van der Waals surface area contributed by atoms with E-state index in [-0.39, 0.29) is 0 Å². The van der Waals surface area contributed by atoms with Crippen molar-refractivity contribution in [2.45, 2.75) is 13.6 Å². The third kappa shape index (κ3) is 2.91. The zero-order valence-electron chi connectivity index (χ0n) is 13.5. The molecular weight excluding hydrogens is 319 g/mol. The zero-order chi connectivity index (χ0) is 17.2. The van der Waals surface area contributed by atoms with Crippen LogP contribution in [0.5, 0.6) is 0 Å². The lowest BCUT2D eigenvalue weighted by Crippen LogP contribution is -2.06. The van der Waals surface area contributed by atoms with Crippen molar-refractivity contribution >= 4 is 22.5 Å². The van der Waals surface area contributed by atoms with Gasteiger partial charge in [-0.1, -0.05) is 24.3 Å². The Balaban J connectivity index is 1.70. The van der Waals surface area contributed by atoms with Crippen LogP contribution in [-0.2, 0) is 6.67 Å². The van der Waals surface area contributed by atoms with Gasteiger partial charge in [0.2, 0.25) is 0 Å². The Bertz CT molecular complexity index is 1030. The molecule has 0 atom stereocenters. The van der Waals surface area contributed by atoms with Gasteiger partial charge >= 0.3 is 0 Å². The standard InChI is InChI=1S/C18H15FN6/c1-12-21-15-4-2-3-5-16(15)25(12)18-23-17(11-20-24-18)22-14-8-6-13(10-19)7-9-14/h2-9,11H,10H2,1H3,(H,22,23,24). The minimum Gasteiger partial charge on any atom is -0.339 e. The number of nitrogens with zero attached hydrogens (tertiary/aromatic N) is 5. The highest BCUT2D eigenvalue weighted by molar-refractivity contribution is 5.77. The van der Waals surface area contributed by atoms with Gasteiger partial charge in [-0.2, -0.15) is 10.1 Å². The van der Waals surface area contributed by atoms with E-state index >= 15 is 0 Å². The van der Waals surface area contributed by atoms with E-state index in [0.717, 1.165) is 22.5 Å². The van der Waals surface area contributed by atoms with Crippen LogP contribution in [-0.4, -0.2) is 24.7 Å². The summed E-state index contributed by atoms with van der Waals surface area (Å²) >= 11 is 0. The summed E-state index contributed by atoms with van der Waals surface area (Å²) in [6, 6.07) is 14.9. The van der Waals surface area contributed by atoms with Gasteiger partial charge in [0.05, 0.1) is 17.2 Å². The lowest BCUT2D eigenvalue weighted by molar-refractivity contribution is 0.485. The van der Waals surface area contributed by atoms with Crippen molar-refractivity contribution in [3.63, 3.8) is 0 Å². The molecule has 124 valence electrons. The van der Waals surface area contributed by atoms with E-state index in [0.29, 0.717) is 17.3 Å². The molecule has 0 amide bonds. The zero-order valence-corrected chi connectivity index (χ0v) is 13.5. The van der Waals surface area contributed by atoms with Crippen LogP contribution in [0.25, 0.3) is 17.0 Å². The van der Waals surface area contributed by atoms with E-state index in [1.165, 1.54) is 0 Å². The second-order valence-corrected chi connectivity index (χ2v) is 5.58. The van der Waals surface area contributed by atoms with Gasteiger partial charge in [-0.3, -0.25) is 4.57 Å². The van der Waals surface area contributed by atoms with Gasteiger partial charge in [-0.05, 0) is 36.8 Å². The molecule has 2 aromatic heterocycles. The van der Waals surface area contributed by atoms with Crippen molar-refractivity contribution in [3.05, 3.63) is 66.1 Å². The van der Waals surface area contributed by atoms with Gasteiger partial charge in [0.15, 0.2) is 5.82 Å². The van der Waals surface area contributed by atoms with E-state index in [1.807, 2.05) is 35.8 Å². The fourth-order valence-electron chi connectivity index (χ4n) is 2.67. The second-order valence-electron chi connectivity index (χ2n) is 5.58. The van der Waals surface area contributed by atoms with Gasteiger partial charge in [0.1, 0.15) is 12.5 Å². The highest BCUT2D eigenvalue weighted by Gasteiger charge is 2.12. The Morgan fingerprint density at radius 3 is 2.64 bits per heavy atom. The molecule has 6 nitrogen and oxygen atoms in total. The molecule has 0 spiro atoms. The van der Waals surface area contributed by atoms with Gasteiger partial charge in [-0.15, -0.1) is 5.10 Å². The first-order valence-corrected chi connectivity index (χ1v) is 7.81. The largest absolute Gasteiger partial charge is 0.339 e. The van der Waals surface area contributed by atoms with Crippen molar-refractivity contribution < 1.29 is 4.39 Å². The number of imidazole rings is 1. The third-order valence-corrected chi connectivity index (χ3v) is 3.86. The summed E-state index contributed by atoms with van der Waals surface area (Å²) in [6.45, 7) is 1.42. The Kier molecular flexibility index (Phi) is 3.81. The maximum Gasteiger partial charge on any atom is 0.257 e. The van der Waals surface area contributed by atoms with Crippen molar-refractivity contribution in [3.8, 4) is 5.95 Å². The lowest BCUT2D eigenvalue weighted by atomic mass is 10.2. The molecular formula is C18H15FN6. The molecule has 7 heteroatoms. The third-order valence-electron chi connectivity index (χ3n) is 3.86. The van der Waals surface area contributed by atoms with Crippen molar-refractivity contribution in [2.24, 2.45) is 0 Å². The number of nitrogens with one attached hydrogen (secondary N) is 1. The van der Waals surface area contributed by atoms with Crippen LogP contribution in [0.3, 0.4) is 0 Å². The minimum absolute atomic E-state index is 0.441. The molecule has 4 rings (SSSR count). The normalized spacial score (nSPS) is 11.0. The summed E-state index contributed by atoms with van der Waals surface area (Å²) in [5, 5.41) is 11.3. The molecule has 0 saturated heterocycles. The molecule has 0 saturated carbocycles. The first kappa shape index (κ1) is 15.2. The topological polar surface area (TPSA) is 68.5 Å². The Morgan fingerprint density at radius 1 is 1.04 bits per heavy atom. The number of anilines is 2. The highest BCUT2D eigenvalue weighted by Crippen LogP contribution is 2.20. The number of halogens is 1. The highest BCUT2D eigenvalue weighted by atomic mass is 19.1. The number of para-hydroxylation sites is 2. The predicted molar refractivity (Wildman–Crippen MR) is 93.7 cm³/mol. The molecule has 4 aromatic rings. The SMILES string of the molecule is Cc1nc2ccccc2n1-c1nncc(Nc2ccc(CF)cc2)n1. The fourth-order valence-corrected chi connectivity index (χ4v) is 2.67. The molecule has 0 aliphatic heterocycles. The molecule has 2 aromatic carbocycles. The summed E-state index contributed by atoms with van der Waals surface area (Å²) in [4.78, 5) is 9.05. The number of hydrogen-bond donors (Lipinski definition) is 1. The van der Waals surface area contributed by atoms with Crippen LogP contribution >= 0.6 is 0 Å². The Labute approximate surface area is 143 Å². The van der Waals surface area contributed by atoms with E-state index in [9.17, 15) is 4.39 Å². The molecule has 25 heavy (non-hydrogen) atoms. The number of hydrogen-bond acceptors (Lipinski definition) is 5. The average Bonchev–Trinajstić information content (AvgIpc) is 2.98. The Morgan fingerprint density at radius 2 is 1.84 bits per heavy atom. The molecule has 0 aliphatic carbocycles. The first-order valence-electron chi connectivity index (χ1n) is 7.81. The van der Waals surface area contributed by atoms with Crippen molar-refractivity contribution in [1.82, 2.24) is 24.7 Å². The van der Waals surface area contributed by atoms with E-state index in [4.69, 9.17) is 0 Å². The summed E-state index contributed by atoms with van der Waals surface area (Å²) in [7, 11) is 0. The predicted octanol–water partition coefficient (Wildman–Crippen LogP) is 3.73. The van der Waals surface area contributed by atoms with E-state index in [1.54, 1.807) is 30.5 Å². The molecule has 0 fully saturated rings. The number of fused-ring (bicyclic) bond motifs is 1. The van der Waals surface area contributed by atoms with Crippen molar-refractivity contribution in [2.75, 3.05) is 5.32 Å². The molecule has 0 bridgehead atoms.